The summed E-state index contributed by atoms with van der Waals surface area (Å²) in [6, 6.07) is 16.7. The van der Waals surface area contributed by atoms with Gasteiger partial charge in [-0.1, -0.05) is 104 Å². The van der Waals surface area contributed by atoms with Crippen molar-refractivity contribution in [2.75, 3.05) is 0 Å². The Hall–Kier alpha value is -2.55. The number of thiocarbonyl (C=S) groups is 3. The molecule has 0 N–H and O–H groups in total. The molecule has 190 valence electrons. The fraction of sp³-hybridized carbons (Fsp3) is 0.219. The summed E-state index contributed by atoms with van der Waals surface area (Å²) < 4.78 is 0. The molecule has 0 atom stereocenters. The zero-order valence-electron chi connectivity index (χ0n) is 21.0. The van der Waals surface area contributed by atoms with Gasteiger partial charge in [-0.05, 0) is 48.1 Å². The van der Waals surface area contributed by atoms with E-state index in [9.17, 15) is 0 Å². The Kier molecular flexibility index (Phi) is 5.59. The minimum atomic E-state index is -0.0811. The van der Waals surface area contributed by atoms with Crippen molar-refractivity contribution in [1.82, 2.24) is 9.97 Å². The van der Waals surface area contributed by atoms with Crippen LogP contribution in [0.4, 0.5) is 0 Å². The third-order valence-electron chi connectivity index (χ3n) is 8.51. The van der Waals surface area contributed by atoms with Crippen molar-refractivity contribution in [2.24, 2.45) is 0 Å². The molecule has 8 rings (SSSR count). The number of aromatic nitrogens is 2. The van der Waals surface area contributed by atoms with Crippen LogP contribution in [0.2, 0.25) is 0 Å². The summed E-state index contributed by atoms with van der Waals surface area (Å²) >= 11 is 21.1. The van der Waals surface area contributed by atoms with Crippen molar-refractivity contribution in [3.8, 4) is 9.75 Å². The molecule has 4 aromatic rings. The highest BCUT2D eigenvalue weighted by Gasteiger charge is 2.49. The number of thiazole rings is 2. The fourth-order valence-electron chi connectivity index (χ4n) is 6.64. The molecule has 1 spiro atoms. The predicted octanol–water partition coefficient (Wildman–Crippen LogP) is 8.72. The Bertz CT molecular complexity index is 1790. The number of rotatable bonds is 2. The van der Waals surface area contributed by atoms with Crippen LogP contribution in [0.15, 0.2) is 59.7 Å². The molecule has 0 radical (unpaired) electrons. The third-order valence-corrected chi connectivity index (χ3v) is 12.0. The molecule has 2 heterocycles. The molecule has 1 fully saturated rings. The number of benzene rings is 2. The largest absolute Gasteiger partial charge is 0.240 e. The van der Waals surface area contributed by atoms with E-state index in [-0.39, 0.29) is 5.41 Å². The molecule has 4 aliphatic rings. The van der Waals surface area contributed by atoms with Gasteiger partial charge in [-0.2, -0.15) is 0 Å². The molecule has 0 bridgehead atoms. The van der Waals surface area contributed by atoms with Crippen molar-refractivity contribution in [3.63, 3.8) is 0 Å². The lowest BCUT2D eigenvalue weighted by Crippen LogP contribution is -2.29. The smallest absolute Gasteiger partial charge is 0.117 e. The van der Waals surface area contributed by atoms with Gasteiger partial charge >= 0.3 is 0 Å². The summed E-state index contributed by atoms with van der Waals surface area (Å²) in [7, 11) is 0. The summed E-state index contributed by atoms with van der Waals surface area (Å²) in [5.74, 6) is 0. The average molecular weight is 595 g/mol. The molecule has 4 aliphatic carbocycles. The van der Waals surface area contributed by atoms with Crippen LogP contribution in [0.25, 0.3) is 21.9 Å². The van der Waals surface area contributed by atoms with Gasteiger partial charge in [-0.25, -0.2) is 9.97 Å². The van der Waals surface area contributed by atoms with Crippen LogP contribution in [0, 0.1) is 0 Å². The van der Waals surface area contributed by atoms with Crippen molar-refractivity contribution in [1.29, 1.82) is 0 Å². The van der Waals surface area contributed by atoms with Gasteiger partial charge in [0.1, 0.15) is 10.0 Å². The van der Waals surface area contributed by atoms with Crippen LogP contribution in [-0.4, -0.2) is 24.6 Å². The second-order valence-electron chi connectivity index (χ2n) is 10.7. The maximum Gasteiger partial charge on any atom is 0.117 e. The van der Waals surface area contributed by atoms with E-state index in [4.69, 9.17) is 46.6 Å². The van der Waals surface area contributed by atoms with E-state index in [1.54, 1.807) is 22.7 Å². The summed E-state index contributed by atoms with van der Waals surface area (Å²) in [6.07, 6.45) is 11.2. The number of allylic oxidation sites excluding steroid dienone is 2. The highest BCUT2D eigenvalue weighted by atomic mass is 32.1. The highest BCUT2D eigenvalue weighted by Crippen LogP contribution is 2.58. The van der Waals surface area contributed by atoms with E-state index >= 15 is 0 Å². The molecule has 1 saturated carbocycles. The standard InChI is InChI=1S/C32H22N2S5/c35-25-18(14-17-8-2-3-9-19(17)25)15-23-33-30-28(38-23)29-31(32(30)12-6-1-7-13-32)34-24(39-29)16-22-26(36)20-10-4-5-11-21(20)27(22)37/h2-5,8-11,15-16H,1,6-7,12-14H2/b18-15+. The third kappa shape index (κ3) is 3.57. The number of fused-ring (bicyclic) bond motifs is 7. The van der Waals surface area contributed by atoms with E-state index in [0.29, 0.717) is 0 Å². The first-order chi connectivity index (χ1) is 19.0. The molecule has 2 nitrogen and oxygen atoms in total. The van der Waals surface area contributed by atoms with Crippen molar-refractivity contribution < 1.29 is 0 Å². The van der Waals surface area contributed by atoms with Crippen LogP contribution in [-0.2, 0) is 11.8 Å². The van der Waals surface area contributed by atoms with Gasteiger partial charge in [0.05, 0.1) is 36.3 Å². The van der Waals surface area contributed by atoms with Gasteiger partial charge < -0.3 is 0 Å². The molecule has 7 heteroatoms. The molecular weight excluding hydrogens is 573 g/mol. The Morgan fingerprint density at radius 2 is 1.23 bits per heavy atom. The van der Waals surface area contributed by atoms with Gasteiger partial charge in [0.15, 0.2) is 0 Å². The second kappa shape index (κ2) is 8.98. The van der Waals surface area contributed by atoms with E-state index in [1.807, 2.05) is 12.1 Å². The average Bonchev–Trinajstić information content (AvgIpc) is 3.74. The summed E-state index contributed by atoms with van der Waals surface area (Å²) in [4.78, 5) is 15.8. The van der Waals surface area contributed by atoms with E-state index in [1.165, 1.54) is 57.1 Å². The zero-order valence-corrected chi connectivity index (χ0v) is 25.0. The fourth-order valence-corrected chi connectivity index (χ4v) is 10.1. The Morgan fingerprint density at radius 1 is 0.667 bits per heavy atom. The van der Waals surface area contributed by atoms with Crippen LogP contribution < -0.4 is 0 Å². The Morgan fingerprint density at radius 3 is 1.85 bits per heavy atom. The van der Waals surface area contributed by atoms with Gasteiger partial charge in [0, 0.05) is 21.6 Å². The topological polar surface area (TPSA) is 25.8 Å². The predicted molar refractivity (Wildman–Crippen MR) is 175 cm³/mol. The lowest BCUT2D eigenvalue weighted by atomic mass is 9.72. The maximum absolute atomic E-state index is 5.85. The van der Waals surface area contributed by atoms with Crippen molar-refractivity contribution in [3.05, 3.63) is 103 Å². The lowest BCUT2D eigenvalue weighted by molar-refractivity contribution is 0.340. The highest BCUT2D eigenvalue weighted by molar-refractivity contribution is 7.84. The van der Waals surface area contributed by atoms with E-state index in [0.717, 1.165) is 60.6 Å². The molecule has 0 saturated heterocycles. The normalized spacial score (nSPS) is 19.5. The van der Waals surface area contributed by atoms with Gasteiger partial charge in [-0.15, -0.1) is 22.7 Å². The molecule has 0 aliphatic heterocycles. The minimum absolute atomic E-state index is 0.0811. The van der Waals surface area contributed by atoms with E-state index in [2.05, 4.69) is 48.6 Å². The summed E-state index contributed by atoms with van der Waals surface area (Å²) in [5, 5.41) is 2.05. The first-order valence-corrected chi connectivity index (χ1v) is 16.2. The number of nitrogens with zero attached hydrogens (tertiary/aromatic N) is 2. The second-order valence-corrected chi connectivity index (χ2v) is 14.0. The van der Waals surface area contributed by atoms with Crippen LogP contribution in [0.5, 0.6) is 0 Å². The van der Waals surface area contributed by atoms with Crippen LogP contribution >= 0.6 is 59.3 Å². The van der Waals surface area contributed by atoms with Crippen LogP contribution in [0.1, 0.15) is 75.8 Å². The molecular formula is C32H22N2S5. The van der Waals surface area contributed by atoms with Gasteiger partial charge in [-0.3, -0.25) is 0 Å². The summed E-state index contributed by atoms with van der Waals surface area (Å²) in [6.45, 7) is 0. The van der Waals surface area contributed by atoms with Crippen molar-refractivity contribution in [2.45, 2.75) is 43.9 Å². The lowest BCUT2D eigenvalue weighted by Gasteiger charge is -2.32. The zero-order chi connectivity index (χ0) is 26.3. The molecule has 39 heavy (non-hydrogen) atoms. The van der Waals surface area contributed by atoms with Gasteiger partial charge in [0.25, 0.3) is 0 Å². The first-order valence-electron chi connectivity index (χ1n) is 13.3. The first kappa shape index (κ1) is 24.3. The minimum Gasteiger partial charge on any atom is -0.240 e. The number of hydrogen-bond donors (Lipinski definition) is 0. The summed E-state index contributed by atoms with van der Waals surface area (Å²) in [5.41, 5.74) is 9.17. The van der Waals surface area contributed by atoms with Gasteiger partial charge in [0.2, 0.25) is 0 Å². The molecule has 0 unspecified atom stereocenters. The quantitative estimate of drug-likeness (QED) is 0.171. The molecule has 2 aromatic heterocycles. The maximum atomic E-state index is 5.85. The van der Waals surface area contributed by atoms with Crippen molar-refractivity contribution >= 4 is 86.1 Å². The Balaban J connectivity index is 1.21. The SMILES string of the molecule is S=C1/C(=C/c2nc3c(s2)-c2sc(C=C4C(=S)c5ccccc5C4=S)nc2C32CCCCC2)Cc2ccccc21. The number of hydrogen-bond acceptors (Lipinski definition) is 7. The monoisotopic (exact) mass is 594 g/mol. The molecule has 0 amide bonds. The molecule has 2 aromatic carbocycles. The van der Waals surface area contributed by atoms with Crippen LogP contribution in [0.3, 0.4) is 0 Å². The Labute approximate surface area is 251 Å². The van der Waals surface area contributed by atoms with E-state index < -0.39 is 0 Å².